The Morgan fingerprint density at radius 3 is 2.86 bits per heavy atom. The number of hydrogen-bond donors (Lipinski definition) is 2. The highest BCUT2D eigenvalue weighted by Crippen LogP contribution is 2.33. The molecule has 0 bridgehead atoms. The molecule has 1 saturated carbocycles. The van der Waals surface area contributed by atoms with E-state index in [4.69, 9.17) is 10.9 Å². The Balaban J connectivity index is 1.73. The first-order valence-corrected chi connectivity index (χ1v) is 8.39. The summed E-state index contributed by atoms with van der Waals surface area (Å²) < 4.78 is 0. The SMILES string of the molecule is NC(CCN(C(=O)c1cc2c(s1)CCCC2)C1CC1)=NO. The van der Waals surface area contributed by atoms with E-state index in [0.717, 1.165) is 30.6 Å². The summed E-state index contributed by atoms with van der Waals surface area (Å²) in [6.07, 6.45) is 7.22. The number of carbonyl (C=O) groups is 1. The lowest BCUT2D eigenvalue weighted by Gasteiger charge is -2.21. The minimum absolute atomic E-state index is 0.114. The molecule has 0 atom stereocenters. The fourth-order valence-corrected chi connectivity index (χ4v) is 4.07. The van der Waals surface area contributed by atoms with Crippen molar-refractivity contribution in [2.24, 2.45) is 10.9 Å². The fourth-order valence-electron chi connectivity index (χ4n) is 2.86. The summed E-state index contributed by atoms with van der Waals surface area (Å²) in [6.45, 7) is 0.530. The van der Waals surface area contributed by atoms with Crippen molar-refractivity contribution in [2.75, 3.05) is 6.54 Å². The maximum atomic E-state index is 12.7. The van der Waals surface area contributed by atoms with Crippen LogP contribution in [-0.2, 0) is 12.8 Å². The lowest BCUT2D eigenvalue weighted by atomic mass is 9.99. The van der Waals surface area contributed by atoms with Crippen molar-refractivity contribution < 1.29 is 10.0 Å². The molecule has 2 aliphatic rings. The molecule has 1 heterocycles. The van der Waals surface area contributed by atoms with E-state index < -0.39 is 0 Å². The van der Waals surface area contributed by atoms with E-state index >= 15 is 0 Å². The quantitative estimate of drug-likeness (QED) is 0.379. The third-order valence-electron chi connectivity index (χ3n) is 4.19. The van der Waals surface area contributed by atoms with E-state index in [2.05, 4.69) is 11.2 Å². The van der Waals surface area contributed by atoms with Crippen LogP contribution in [0.2, 0.25) is 0 Å². The van der Waals surface area contributed by atoms with Gasteiger partial charge in [-0.05, 0) is 50.2 Å². The standard InChI is InChI=1S/C15H21N3O2S/c16-14(17-20)7-8-18(11-5-6-11)15(19)13-9-10-3-1-2-4-12(10)21-13/h9,11,20H,1-8H2,(H2,16,17). The zero-order valence-electron chi connectivity index (χ0n) is 12.0. The van der Waals surface area contributed by atoms with E-state index in [1.165, 1.54) is 23.3 Å². The molecule has 3 rings (SSSR count). The van der Waals surface area contributed by atoms with Crippen LogP contribution in [0.1, 0.15) is 52.2 Å². The summed E-state index contributed by atoms with van der Waals surface area (Å²) in [5, 5.41) is 11.6. The number of carbonyl (C=O) groups excluding carboxylic acids is 1. The van der Waals surface area contributed by atoms with Crippen molar-refractivity contribution in [1.82, 2.24) is 4.90 Å². The molecule has 6 heteroatoms. The topological polar surface area (TPSA) is 78.9 Å². The first-order valence-electron chi connectivity index (χ1n) is 7.58. The first-order chi connectivity index (χ1) is 10.2. The van der Waals surface area contributed by atoms with Gasteiger partial charge in [-0.1, -0.05) is 5.16 Å². The zero-order valence-corrected chi connectivity index (χ0v) is 12.9. The Morgan fingerprint density at radius 2 is 2.19 bits per heavy atom. The predicted molar refractivity (Wildman–Crippen MR) is 83.0 cm³/mol. The molecule has 1 amide bonds. The van der Waals surface area contributed by atoms with Crippen molar-refractivity contribution in [1.29, 1.82) is 0 Å². The van der Waals surface area contributed by atoms with Gasteiger partial charge in [-0.15, -0.1) is 11.3 Å². The highest BCUT2D eigenvalue weighted by Gasteiger charge is 2.34. The Kier molecular flexibility index (Phi) is 4.14. The van der Waals surface area contributed by atoms with Gasteiger partial charge in [-0.25, -0.2) is 0 Å². The number of amides is 1. The van der Waals surface area contributed by atoms with Gasteiger partial charge in [0.25, 0.3) is 5.91 Å². The third-order valence-corrected chi connectivity index (χ3v) is 5.42. The largest absolute Gasteiger partial charge is 0.409 e. The first kappa shape index (κ1) is 14.4. The molecule has 114 valence electrons. The molecule has 3 N–H and O–H groups in total. The van der Waals surface area contributed by atoms with Gasteiger partial charge in [0.2, 0.25) is 0 Å². The number of fused-ring (bicyclic) bond motifs is 1. The van der Waals surface area contributed by atoms with Crippen LogP contribution >= 0.6 is 11.3 Å². The molecule has 1 aromatic rings. The van der Waals surface area contributed by atoms with Gasteiger partial charge >= 0.3 is 0 Å². The van der Waals surface area contributed by atoms with Crippen molar-refractivity contribution in [3.63, 3.8) is 0 Å². The summed E-state index contributed by atoms with van der Waals surface area (Å²) in [5.41, 5.74) is 6.89. The summed E-state index contributed by atoms with van der Waals surface area (Å²) in [7, 11) is 0. The van der Waals surface area contributed by atoms with Crippen LogP contribution in [-0.4, -0.2) is 34.4 Å². The van der Waals surface area contributed by atoms with Gasteiger partial charge in [-0.2, -0.15) is 0 Å². The monoisotopic (exact) mass is 307 g/mol. The predicted octanol–water partition coefficient (Wildman–Crippen LogP) is 2.37. The molecule has 0 unspecified atom stereocenters. The highest BCUT2D eigenvalue weighted by molar-refractivity contribution is 7.14. The number of nitrogens with two attached hydrogens (primary N) is 1. The summed E-state index contributed by atoms with van der Waals surface area (Å²) in [4.78, 5) is 16.9. The number of hydrogen-bond acceptors (Lipinski definition) is 4. The fraction of sp³-hybridized carbons (Fsp3) is 0.600. The van der Waals surface area contributed by atoms with E-state index in [1.54, 1.807) is 11.3 Å². The van der Waals surface area contributed by atoms with Gasteiger partial charge in [0.05, 0.1) is 4.88 Å². The maximum absolute atomic E-state index is 12.7. The smallest absolute Gasteiger partial charge is 0.264 e. The summed E-state index contributed by atoms with van der Waals surface area (Å²) >= 11 is 1.65. The van der Waals surface area contributed by atoms with Crippen LogP contribution in [0.25, 0.3) is 0 Å². The van der Waals surface area contributed by atoms with Crippen LogP contribution in [0.4, 0.5) is 0 Å². The van der Waals surface area contributed by atoms with Crippen molar-refractivity contribution in [3.05, 3.63) is 21.4 Å². The molecule has 2 aliphatic carbocycles. The molecular formula is C15H21N3O2S. The van der Waals surface area contributed by atoms with Gasteiger partial charge in [0.15, 0.2) is 0 Å². The average Bonchev–Trinajstić information content (AvgIpc) is 3.24. The molecule has 5 nitrogen and oxygen atoms in total. The molecule has 0 radical (unpaired) electrons. The van der Waals surface area contributed by atoms with E-state index in [9.17, 15) is 4.79 Å². The van der Waals surface area contributed by atoms with Crippen LogP contribution in [0.15, 0.2) is 11.2 Å². The maximum Gasteiger partial charge on any atom is 0.264 e. The molecule has 0 aromatic carbocycles. The summed E-state index contributed by atoms with van der Waals surface area (Å²) in [5.74, 6) is 0.293. The van der Waals surface area contributed by atoms with E-state index in [0.29, 0.717) is 19.0 Å². The Bertz CT molecular complexity index is 540. The Morgan fingerprint density at radius 1 is 1.43 bits per heavy atom. The normalized spacial score (nSPS) is 18.4. The van der Waals surface area contributed by atoms with Crippen molar-refractivity contribution in [2.45, 2.75) is 51.0 Å². The van der Waals surface area contributed by atoms with Crippen molar-refractivity contribution >= 4 is 23.1 Å². The zero-order chi connectivity index (χ0) is 14.8. The number of oxime groups is 1. The van der Waals surface area contributed by atoms with Crippen molar-refractivity contribution in [3.8, 4) is 0 Å². The third kappa shape index (κ3) is 3.20. The molecule has 21 heavy (non-hydrogen) atoms. The number of aryl methyl sites for hydroxylation is 2. The minimum atomic E-state index is 0.114. The number of amidine groups is 1. The van der Waals surface area contributed by atoms with Crippen LogP contribution in [0, 0.1) is 0 Å². The lowest BCUT2D eigenvalue weighted by molar-refractivity contribution is 0.0752. The molecule has 1 fully saturated rings. The molecule has 1 aromatic heterocycles. The van der Waals surface area contributed by atoms with Gasteiger partial charge < -0.3 is 15.8 Å². The van der Waals surface area contributed by atoms with Gasteiger partial charge in [0, 0.05) is 23.9 Å². The Labute approximate surface area is 128 Å². The second kappa shape index (κ2) is 6.05. The van der Waals surface area contributed by atoms with E-state index in [1.807, 2.05) is 4.90 Å². The molecule has 0 aliphatic heterocycles. The number of nitrogens with zero attached hydrogens (tertiary/aromatic N) is 2. The van der Waals surface area contributed by atoms with Crippen LogP contribution in [0.5, 0.6) is 0 Å². The summed E-state index contributed by atoms with van der Waals surface area (Å²) in [6, 6.07) is 2.42. The second-order valence-corrected chi connectivity index (χ2v) is 6.97. The second-order valence-electron chi connectivity index (χ2n) is 5.84. The minimum Gasteiger partial charge on any atom is -0.409 e. The van der Waals surface area contributed by atoms with E-state index in [-0.39, 0.29) is 11.7 Å². The molecular weight excluding hydrogens is 286 g/mol. The van der Waals surface area contributed by atoms with Gasteiger partial charge in [0.1, 0.15) is 5.84 Å². The lowest BCUT2D eigenvalue weighted by Crippen LogP contribution is -2.35. The average molecular weight is 307 g/mol. The van der Waals surface area contributed by atoms with Crippen LogP contribution in [0.3, 0.4) is 0 Å². The molecule has 0 saturated heterocycles. The highest BCUT2D eigenvalue weighted by atomic mass is 32.1. The van der Waals surface area contributed by atoms with Gasteiger partial charge in [-0.3, -0.25) is 4.79 Å². The van der Waals surface area contributed by atoms with Crippen LogP contribution < -0.4 is 5.73 Å². The number of thiophene rings is 1. The Hall–Kier alpha value is -1.56. The number of rotatable bonds is 5. The molecule has 0 spiro atoms.